The molecule has 1 amide bonds. The molecule has 0 aliphatic carbocycles. The minimum Gasteiger partial charge on any atom is -0.467 e. The number of carbonyl (C=O) groups excluding carboxylic acids is 1. The molecular formula is C18H24N2O3. The lowest BCUT2D eigenvalue weighted by Gasteiger charge is -2.21. The van der Waals surface area contributed by atoms with Crippen molar-refractivity contribution >= 4 is 11.6 Å². The van der Waals surface area contributed by atoms with Crippen molar-refractivity contribution in [1.29, 1.82) is 0 Å². The number of aliphatic hydroxyl groups excluding tert-OH is 1. The van der Waals surface area contributed by atoms with Crippen molar-refractivity contribution < 1.29 is 14.3 Å². The van der Waals surface area contributed by atoms with Gasteiger partial charge in [0.15, 0.2) is 0 Å². The summed E-state index contributed by atoms with van der Waals surface area (Å²) in [4.78, 5) is 12.0. The van der Waals surface area contributed by atoms with Gasteiger partial charge in [-0.1, -0.05) is 18.2 Å². The predicted molar refractivity (Wildman–Crippen MR) is 90.0 cm³/mol. The zero-order chi connectivity index (χ0) is 16.7. The van der Waals surface area contributed by atoms with Crippen LogP contribution in [0.5, 0.6) is 0 Å². The Morgan fingerprint density at radius 3 is 2.52 bits per heavy atom. The number of benzene rings is 1. The molecule has 0 aliphatic heterocycles. The van der Waals surface area contributed by atoms with E-state index in [1.165, 1.54) is 0 Å². The van der Waals surface area contributed by atoms with E-state index in [0.29, 0.717) is 18.6 Å². The fraction of sp³-hybridized carbons (Fsp3) is 0.389. The molecule has 23 heavy (non-hydrogen) atoms. The van der Waals surface area contributed by atoms with Gasteiger partial charge < -0.3 is 20.2 Å². The van der Waals surface area contributed by atoms with Gasteiger partial charge in [-0.05, 0) is 44.5 Å². The minimum atomic E-state index is -0.641. The first kappa shape index (κ1) is 17.2. The van der Waals surface area contributed by atoms with E-state index >= 15 is 0 Å². The molecule has 3 unspecified atom stereocenters. The van der Waals surface area contributed by atoms with Crippen LogP contribution in [0.4, 0.5) is 5.69 Å². The molecule has 0 aliphatic rings. The lowest BCUT2D eigenvalue weighted by molar-refractivity contribution is -0.116. The summed E-state index contributed by atoms with van der Waals surface area (Å²) in [6, 6.07) is 13.0. The van der Waals surface area contributed by atoms with E-state index < -0.39 is 6.10 Å². The molecule has 0 fully saturated rings. The van der Waals surface area contributed by atoms with Gasteiger partial charge in [-0.25, -0.2) is 0 Å². The standard InChI is InChI=1S/C18H24N2O3/c1-13(11-16(21)17-9-6-10-23-17)19-14(2)12-18(22)20-15-7-4-3-5-8-15/h3-10,13-14,16,19,21H,11-12H2,1-2H3,(H,20,22). The second-order valence-electron chi connectivity index (χ2n) is 5.85. The molecule has 5 heteroatoms. The number of nitrogens with one attached hydrogen (secondary N) is 2. The topological polar surface area (TPSA) is 74.5 Å². The highest BCUT2D eigenvalue weighted by atomic mass is 16.4. The molecule has 0 radical (unpaired) electrons. The first-order valence-corrected chi connectivity index (χ1v) is 7.87. The van der Waals surface area contributed by atoms with Gasteiger partial charge in [0, 0.05) is 24.2 Å². The maximum atomic E-state index is 12.0. The van der Waals surface area contributed by atoms with Gasteiger partial charge in [0.2, 0.25) is 5.91 Å². The average Bonchev–Trinajstić information content (AvgIpc) is 3.01. The van der Waals surface area contributed by atoms with Gasteiger partial charge >= 0.3 is 0 Å². The predicted octanol–water partition coefficient (Wildman–Crippen LogP) is 3.10. The fourth-order valence-corrected chi connectivity index (χ4v) is 2.56. The van der Waals surface area contributed by atoms with E-state index in [1.54, 1.807) is 18.4 Å². The highest BCUT2D eigenvalue weighted by Gasteiger charge is 2.17. The van der Waals surface area contributed by atoms with Crippen LogP contribution in [-0.2, 0) is 4.79 Å². The number of para-hydroxylation sites is 1. The highest BCUT2D eigenvalue weighted by molar-refractivity contribution is 5.90. The van der Waals surface area contributed by atoms with Crippen molar-refractivity contribution in [2.45, 2.75) is 44.9 Å². The van der Waals surface area contributed by atoms with Crippen LogP contribution in [0, 0.1) is 0 Å². The van der Waals surface area contributed by atoms with Crippen LogP contribution in [-0.4, -0.2) is 23.1 Å². The van der Waals surface area contributed by atoms with E-state index in [4.69, 9.17) is 4.42 Å². The van der Waals surface area contributed by atoms with Gasteiger partial charge in [-0.2, -0.15) is 0 Å². The van der Waals surface area contributed by atoms with Crippen molar-refractivity contribution in [3.05, 3.63) is 54.5 Å². The monoisotopic (exact) mass is 316 g/mol. The molecule has 2 rings (SSSR count). The summed E-state index contributed by atoms with van der Waals surface area (Å²) in [5.41, 5.74) is 0.797. The van der Waals surface area contributed by atoms with E-state index in [0.717, 1.165) is 5.69 Å². The summed E-state index contributed by atoms with van der Waals surface area (Å²) >= 11 is 0. The number of carbonyl (C=O) groups is 1. The number of rotatable bonds is 8. The Morgan fingerprint density at radius 1 is 1.13 bits per heavy atom. The molecule has 124 valence electrons. The van der Waals surface area contributed by atoms with Crippen LogP contribution in [0.15, 0.2) is 53.1 Å². The number of hydrogen-bond donors (Lipinski definition) is 3. The molecule has 3 N–H and O–H groups in total. The summed E-state index contributed by atoms with van der Waals surface area (Å²) in [6.45, 7) is 3.94. The van der Waals surface area contributed by atoms with E-state index in [2.05, 4.69) is 10.6 Å². The zero-order valence-electron chi connectivity index (χ0n) is 13.5. The second-order valence-corrected chi connectivity index (χ2v) is 5.85. The van der Waals surface area contributed by atoms with Crippen molar-refractivity contribution in [3.8, 4) is 0 Å². The van der Waals surface area contributed by atoms with Gasteiger partial charge in [-0.15, -0.1) is 0 Å². The molecule has 3 atom stereocenters. The lowest BCUT2D eigenvalue weighted by atomic mass is 10.1. The Morgan fingerprint density at radius 2 is 1.87 bits per heavy atom. The van der Waals surface area contributed by atoms with Crippen LogP contribution in [0.1, 0.15) is 38.6 Å². The summed E-state index contributed by atoms with van der Waals surface area (Å²) < 4.78 is 5.19. The fourth-order valence-electron chi connectivity index (χ4n) is 2.56. The van der Waals surface area contributed by atoms with Crippen LogP contribution < -0.4 is 10.6 Å². The Bertz CT molecular complexity index is 584. The maximum Gasteiger partial charge on any atom is 0.225 e. The van der Waals surface area contributed by atoms with Crippen molar-refractivity contribution in [2.24, 2.45) is 0 Å². The molecule has 5 nitrogen and oxygen atoms in total. The smallest absolute Gasteiger partial charge is 0.225 e. The second kappa shape index (κ2) is 8.50. The molecule has 0 bridgehead atoms. The van der Waals surface area contributed by atoms with E-state index in [9.17, 15) is 9.90 Å². The Hall–Kier alpha value is -2.11. The SMILES string of the molecule is CC(CC(=O)Nc1ccccc1)NC(C)CC(O)c1ccco1. The third-order valence-electron chi connectivity index (χ3n) is 3.57. The molecular weight excluding hydrogens is 292 g/mol. The normalized spacial score (nSPS) is 14.9. The zero-order valence-corrected chi connectivity index (χ0v) is 13.5. The maximum absolute atomic E-state index is 12.0. The molecule has 1 aromatic carbocycles. The van der Waals surface area contributed by atoms with Crippen LogP contribution >= 0.6 is 0 Å². The Balaban J connectivity index is 1.73. The van der Waals surface area contributed by atoms with E-state index in [1.807, 2.05) is 44.2 Å². The molecule has 1 aromatic heterocycles. The number of amides is 1. The number of aliphatic hydroxyl groups is 1. The minimum absolute atomic E-state index is 0.0116. The summed E-state index contributed by atoms with van der Waals surface area (Å²) in [5.74, 6) is 0.531. The molecule has 0 saturated carbocycles. The van der Waals surface area contributed by atoms with Gasteiger partial charge in [0.25, 0.3) is 0 Å². The quantitative estimate of drug-likeness (QED) is 0.699. The lowest BCUT2D eigenvalue weighted by Crippen LogP contribution is -2.37. The number of hydrogen-bond acceptors (Lipinski definition) is 4. The molecule has 0 saturated heterocycles. The molecule has 1 heterocycles. The molecule has 0 spiro atoms. The number of anilines is 1. The van der Waals surface area contributed by atoms with Crippen LogP contribution in [0.3, 0.4) is 0 Å². The van der Waals surface area contributed by atoms with Gasteiger partial charge in [0.1, 0.15) is 11.9 Å². The largest absolute Gasteiger partial charge is 0.467 e. The number of furan rings is 1. The summed E-state index contributed by atoms with van der Waals surface area (Å²) in [6.07, 6.45) is 1.80. The van der Waals surface area contributed by atoms with Crippen molar-refractivity contribution in [3.63, 3.8) is 0 Å². The summed E-state index contributed by atoms with van der Waals surface area (Å²) in [5, 5.41) is 16.2. The van der Waals surface area contributed by atoms with Crippen LogP contribution in [0.25, 0.3) is 0 Å². The third kappa shape index (κ3) is 5.88. The van der Waals surface area contributed by atoms with Crippen LogP contribution in [0.2, 0.25) is 0 Å². The van der Waals surface area contributed by atoms with Gasteiger partial charge in [0.05, 0.1) is 6.26 Å². The highest BCUT2D eigenvalue weighted by Crippen LogP contribution is 2.18. The van der Waals surface area contributed by atoms with Crippen molar-refractivity contribution in [2.75, 3.05) is 5.32 Å². The Labute approximate surface area is 136 Å². The average molecular weight is 316 g/mol. The summed E-state index contributed by atoms with van der Waals surface area (Å²) in [7, 11) is 0. The third-order valence-corrected chi connectivity index (χ3v) is 3.57. The Kier molecular flexibility index (Phi) is 6.38. The first-order valence-electron chi connectivity index (χ1n) is 7.87. The first-order chi connectivity index (χ1) is 11.0. The van der Waals surface area contributed by atoms with Gasteiger partial charge in [-0.3, -0.25) is 4.79 Å². The molecule has 2 aromatic rings. The van der Waals surface area contributed by atoms with E-state index in [-0.39, 0.29) is 18.0 Å². The van der Waals surface area contributed by atoms with Crippen molar-refractivity contribution in [1.82, 2.24) is 5.32 Å².